The number of halogens is 11. The molecular formula is C2H3B2F11LiO-. The molecule has 0 rings (SSSR count). The van der Waals surface area contributed by atoms with Crippen LogP contribution in [0.4, 0.5) is 47.7 Å². The average Bonchev–Trinajstić information content (AvgIpc) is 1.77. The third-order valence-electron chi connectivity index (χ3n) is 0.179. The van der Waals surface area contributed by atoms with Crippen molar-refractivity contribution >= 4 is 14.5 Å². The van der Waals surface area contributed by atoms with E-state index in [1.165, 1.54) is 0 Å². The zero-order valence-corrected chi connectivity index (χ0v) is 7.97. The number of rotatable bonds is 0. The van der Waals surface area contributed by atoms with Crippen molar-refractivity contribution in [2.45, 2.75) is 6.18 Å². The smallest absolute Gasteiger partial charge is 0.418 e. The fourth-order valence-corrected chi connectivity index (χ4v) is 0. The molecule has 0 saturated heterocycles. The van der Waals surface area contributed by atoms with Gasteiger partial charge in [0.25, 0.3) is 0 Å². The van der Waals surface area contributed by atoms with Crippen molar-refractivity contribution in [2.75, 3.05) is 6.61 Å². The van der Waals surface area contributed by atoms with E-state index in [-0.39, 0.29) is 18.9 Å². The van der Waals surface area contributed by atoms with E-state index in [0.29, 0.717) is 0 Å². The van der Waals surface area contributed by atoms with Gasteiger partial charge in [-0.3, -0.25) is 0 Å². The van der Waals surface area contributed by atoms with Gasteiger partial charge in [0.1, 0.15) is 6.61 Å². The van der Waals surface area contributed by atoms with Crippen LogP contribution in [0.5, 0.6) is 0 Å². The summed E-state index contributed by atoms with van der Waals surface area (Å²) in [6.07, 6.45) is -4.40. The fourth-order valence-electron chi connectivity index (χ4n) is 0. The molecule has 0 fully saturated rings. The van der Waals surface area contributed by atoms with Gasteiger partial charge in [0.05, 0.1) is 0 Å². The Morgan fingerprint density at radius 2 is 0.765 bits per heavy atom. The second-order valence-electron chi connectivity index (χ2n) is 1.76. The maximum atomic E-state index is 10.5. The van der Waals surface area contributed by atoms with Crippen LogP contribution >= 0.6 is 0 Å². The van der Waals surface area contributed by atoms with Gasteiger partial charge in [-0.25, -0.2) is 0 Å². The van der Waals surface area contributed by atoms with Crippen LogP contribution in [-0.4, -0.2) is 32.4 Å². The molecule has 0 aliphatic carbocycles. The molecule has 0 atom stereocenters. The molecule has 1 N–H and O–H groups in total. The Morgan fingerprint density at radius 1 is 0.706 bits per heavy atom. The van der Waals surface area contributed by atoms with E-state index in [2.05, 4.69) is 0 Å². The minimum absolute atomic E-state index is 0. The van der Waals surface area contributed by atoms with Gasteiger partial charge in [-0.1, -0.05) is 0 Å². The summed E-state index contributed by atoms with van der Waals surface area (Å²) in [6, 6.07) is 0. The normalized spacial score (nSPS) is 11.3. The summed E-state index contributed by atoms with van der Waals surface area (Å²) in [4.78, 5) is 0. The fraction of sp³-hybridized carbons (Fsp3) is 1.00. The molecule has 0 aliphatic heterocycles. The second kappa shape index (κ2) is 9.90. The van der Waals surface area contributed by atoms with Crippen LogP contribution in [0, 0.1) is 0 Å². The molecule has 0 aromatic heterocycles. The Kier molecular flexibility index (Phi) is 15.0. The summed E-state index contributed by atoms with van der Waals surface area (Å²) >= 11 is 0. The SMILES string of the molecule is F[B-](F)(F)F.F[B-](F)(F)F.OCC(F)(F)F.[Li+]. The first-order chi connectivity index (χ1) is 6.56. The van der Waals surface area contributed by atoms with Gasteiger partial charge in [0, 0.05) is 0 Å². The van der Waals surface area contributed by atoms with E-state index >= 15 is 0 Å². The van der Waals surface area contributed by atoms with Crippen LogP contribution in [-0.2, 0) is 0 Å². The first-order valence-corrected chi connectivity index (χ1v) is 2.98. The summed E-state index contributed by atoms with van der Waals surface area (Å²) in [5, 5.41) is 7.28. The summed E-state index contributed by atoms with van der Waals surface area (Å²) in [5.74, 6) is 0. The first kappa shape index (κ1) is 25.7. The minimum atomic E-state index is -6.00. The van der Waals surface area contributed by atoms with Crippen LogP contribution in [0.25, 0.3) is 0 Å². The Hall–Kier alpha value is -0.0827. The quantitative estimate of drug-likeness (QED) is 0.495. The maximum absolute atomic E-state index is 10.5. The summed E-state index contributed by atoms with van der Waals surface area (Å²) in [5.41, 5.74) is 0. The van der Waals surface area contributed by atoms with Crippen molar-refractivity contribution in [3.05, 3.63) is 0 Å². The minimum Gasteiger partial charge on any atom is -0.418 e. The topological polar surface area (TPSA) is 20.2 Å². The maximum Gasteiger partial charge on any atom is 1.00 e. The second-order valence-corrected chi connectivity index (χ2v) is 1.76. The number of hydrogen-bond acceptors (Lipinski definition) is 1. The van der Waals surface area contributed by atoms with Gasteiger partial charge in [0.15, 0.2) is 0 Å². The molecule has 0 aliphatic rings. The monoisotopic (exact) mass is 281 g/mol. The summed E-state index contributed by atoms with van der Waals surface area (Å²) < 4.78 is 110. The molecule has 0 unspecified atom stereocenters. The first-order valence-electron chi connectivity index (χ1n) is 2.98. The Morgan fingerprint density at radius 3 is 0.765 bits per heavy atom. The van der Waals surface area contributed by atoms with Crippen molar-refractivity contribution in [1.29, 1.82) is 0 Å². The average molecular weight is 281 g/mol. The zero-order valence-electron chi connectivity index (χ0n) is 7.97. The number of aliphatic hydroxyl groups is 1. The molecular weight excluding hydrogens is 278 g/mol. The molecule has 0 radical (unpaired) electrons. The predicted octanol–water partition coefficient (Wildman–Crippen LogP) is 0.145. The van der Waals surface area contributed by atoms with Crippen LogP contribution in [0.3, 0.4) is 0 Å². The zero-order chi connectivity index (χ0) is 14.2. The molecule has 17 heavy (non-hydrogen) atoms. The number of alkyl halides is 3. The molecule has 0 saturated carbocycles. The Bertz CT molecular complexity index is 136. The van der Waals surface area contributed by atoms with Crippen LogP contribution in [0.2, 0.25) is 0 Å². The van der Waals surface area contributed by atoms with Crippen molar-refractivity contribution in [3.8, 4) is 0 Å². The van der Waals surface area contributed by atoms with E-state index in [4.69, 9.17) is 5.11 Å². The molecule has 0 aromatic carbocycles. The molecule has 1 nitrogen and oxygen atoms in total. The number of aliphatic hydroxyl groups excluding tert-OH is 1. The van der Waals surface area contributed by atoms with E-state index < -0.39 is 27.3 Å². The summed E-state index contributed by atoms with van der Waals surface area (Å²) in [6.45, 7) is -1.73. The van der Waals surface area contributed by atoms with Crippen molar-refractivity contribution in [3.63, 3.8) is 0 Å². The van der Waals surface area contributed by atoms with Gasteiger partial charge in [-0.2, -0.15) is 13.2 Å². The molecule has 0 amide bonds. The molecule has 0 spiro atoms. The van der Waals surface area contributed by atoms with Crippen LogP contribution in [0.1, 0.15) is 0 Å². The molecule has 0 heterocycles. The molecule has 0 bridgehead atoms. The van der Waals surface area contributed by atoms with Gasteiger partial charge in [-0.15, -0.1) is 0 Å². The molecule has 0 aromatic rings. The van der Waals surface area contributed by atoms with E-state index in [9.17, 15) is 47.7 Å². The van der Waals surface area contributed by atoms with E-state index in [1.807, 2.05) is 0 Å². The van der Waals surface area contributed by atoms with Crippen LogP contribution in [0.15, 0.2) is 0 Å². The van der Waals surface area contributed by atoms with Crippen LogP contribution < -0.4 is 18.9 Å². The Labute approximate surface area is 99.7 Å². The molecule has 102 valence electrons. The standard InChI is InChI=1S/C2H3F3O.2BF4.Li/c3-2(4,5)1-6;2*2-1(3,4)5;/h6H,1H2;;;/q;2*-1;+1. The summed E-state index contributed by atoms with van der Waals surface area (Å²) in [7, 11) is -12.0. The van der Waals surface area contributed by atoms with Crippen molar-refractivity contribution < 1.29 is 71.7 Å². The predicted molar refractivity (Wildman–Crippen MR) is 33.5 cm³/mol. The van der Waals surface area contributed by atoms with Gasteiger partial charge < -0.3 is 39.6 Å². The van der Waals surface area contributed by atoms with E-state index in [1.54, 1.807) is 0 Å². The van der Waals surface area contributed by atoms with Crippen molar-refractivity contribution in [2.24, 2.45) is 0 Å². The third-order valence-corrected chi connectivity index (χ3v) is 0.179. The van der Waals surface area contributed by atoms with E-state index in [0.717, 1.165) is 0 Å². The third kappa shape index (κ3) is 362. The van der Waals surface area contributed by atoms with Gasteiger partial charge >= 0.3 is 39.5 Å². The van der Waals surface area contributed by atoms with Gasteiger partial charge in [-0.05, 0) is 0 Å². The largest absolute Gasteiger partial charge is 1.00 e. The number of hydrogen-bond donors (Lipinski definition) is 1. The van der Waals surface area contributed by atoms with Gasteiger partial charge in [0.2, 0.25) is 0 Å². The van der Waals surface area contributed by atoms with Crippen molar-refractivity contribution in [1.82, 2.24) is 0 Å². The molecule has 15 heteroatoms. The Balaban J connectivity index is -0.0000000729.